The molecule has 2 aromatic carbocycles. The maximum Gasteiger partial charge on any atom is 0.365 e. The van der Waals surface area contributed by atoms with Crippen molar-refractivity contribution in [3.8, 4) is 11.3 Å². The molecule has 0 aliphatic carbocycles. The summed E-state index contributed by atoms with van der Waals surface area (Å²) in [5, 5.41) is 8.44. The van der Waals surface area contributed by atoms with Crippen molar-refractivity contribution >= 4 is 34.9 Å². The molecule has 3 aromatic rings. The molecule has 7 heteroatoms. The Morgan fingerprint density at radius 1 is 1.08 bits per heavy atom. The van der Waals surface area contributed by atoms with Crippen LogP contribution in [0.4, 0.5) is 0 Å². The zero-order valence-corrected chi connectivity index (χ0v) is 14.6. The average Bonchev–Trinajstić information content (AvgIpc) is 3.09. The fourth-order valence-electron chi connectivity index (χ4n) is 2.07. The van der Waals surface area contributed by atoms with Gasteiger partial charge in [0.15, 0.2) is 5.76 Å². The first-order valence-corrected chi connectivity index (χ1v) is 8.03. The van der Waals surface area contributed by atoms with Gasteiger partial charge >= 0.3 is 5.97 Å². The van der Waals surface area contributed by atoms with Crippen LogP contribution in [0.5, 0.6) is 0 Å². The van der Waals surface area contributed by atoms with Crippen molar-refractivity contribution in [1.29, 1.82) is 0 Å². The number of oxime groups is 1. The SMILES string of the molecule is C/C(=N/OC(=O)c1cc(Cl)cc(Cl)c1)c1cc(-c2ccccc2)no1. The van der Waals surface area contributed by atoms with Gasteiger partial charge in [-0.3, -0.25) is 0 Å². The molecular weight excluding hydrogens is 363 g/mol. The number of carbonyl (C=O) groups is 1. The van der Waals surface area contributed by atoms with Crippen molar-refractivity contribution in [2.75, 3.05) is 0 Å². The molecule has 5 nitrogen and oxygen atoms in total. The van der Waals surface area contributed by atoms with Crippen LogP contribution in [0.3, 0.4) is 0 Å². The van der Waals surface area contributed by atoms with Gasteiger partial charge in [-0.1, -0.05) is 63.8 Å². The Labute approximate surface area is 153 Å². The van der Waals surface area contributed by atoms with Gasteiger partial charge < -0.3 is 9.36 Å². The summed E-state index contributed by atoms with van der Waals surface area (Å²) in [7, 11) is 0. The third-order valence-electron chi connectivity index (χ3n) is 3.30. The third-order valence-corrected chi connectivity index (χ3v) is 3.74. The summed E-state index contributed by atoms with van der Waals surface area (Å²) in [6.07, 6.45) is 0. The Morgan fingerprint density at radius 3 is 2.44 bits per heavy atom. The van der Waals surface area contributed by atoms with E-state index in [1.54, 1.807) is 13.0 Å². The Kier molecular flexibility index (Phi) is 5.16. The van der Waals surface area contributed by atoms with E-state index < -0.39 is 5.97 Å². The Bertz CT molecular complexity index is 916. The molecule has 0 saturated carbocycles. The van der Waals surface area contributed by atoms with Gasteiger partial charge in [0, 0.05) is 21.7 Å². The van der Waals surface area contributed by atoms with Gasteiger partial charge in [0.05, 0.1) is 5.56 Å². The lowest BCUT2D eigenvalue weighted by Crippen LogP contribution is -2.03. The molecule has 0 aliphatic heterocycles. The molecule has 0 N–H and O–H groups in total. The fraction of sp³-hybridized carbons (Fsp3) is 0.0556. The highest BCUT2D eigenvalue weighted by Crippen LogP contribution is 2.21. The topological polar surface area (TPSA) is 64.7 Å². The third kappa shape index (κ3) is 4.26. The molecule has 1 heterocycles. The highest BCUT2D eigenvalue weighted by Gasteiger charge is 2.12. The standard InChI is InChI=1S/C18H12Cl2N2O3/c1-11(17-10-16(22-24-17)12-5-3-2-4-6-12)21-25-18(23)13-7-14(19)9-15(20)8-13/h2-10H,1H3/b21-11-. The fourth-order valence-corrected chi connectivity index (χ4v) is 2.60. The number of benzene rings is 2. The molecule has 0 spiro atoms. The van der Waals surface area contributed by atoms with E-state index in [-0.39, 0.29) is 5.56 Å². The number of hydrogen-bond donors (Lipinski definition) is 0. The van der Waals surface area contributed by atoms with Crippen molar-refractivity contribution in [2.45, 2.75) is 6.92 Å². The van der Waals surface area contributed by atoms with E-state index in [2.05, 4.69) is 10.3 Å². The van der Waals surface area contributed by atoms with Crippen LogP contribution in [0.15, 0.2) is 64.3 Å². The molecule has 0 amide bonds. The highest BCUT2D eigenvalue weighted by atomic mass is 35.5. The van der Waals surface area contributed by atoms with Gasteiger partial charge in [0.25, 0.3) is 0 Å². The lowest BCUT2D eigenvalue weighted by Gasteiger charge is -2.01. The number of carbonyl (C=O) groups excluding carboxylic acids is 1. The van der Waals surface area contributed by atoms with Crippen LogP contribution in [-0.4, -0.2) is 16.8 Å². The maximum absolute atomic E-state index is 12.0. The van der Waals surface area contributed by atoms with Gasteiger partial charge in [-0.15, -0.1) is 0 Å². The summed E-state index contributed by atoms with van der Waals surface area (Å²) < 4.78 is 5.24. The molecule has 0 bridgehead atoms. The van der Waals surface area contributed by atoms with Crippen LogP contribution in [0, 0.1) is 0 Å². The molecular formula is C18H12Cl2N2O3. The zero-order valence-electron chi connectivity index (χ0n) is 13.1. The summed E-state index contributed by atoms with van der Waals surface area (Å²) in [5.74, 6) is -0.276. The first kappa shape index (κ1) is 17.2. The van der Waals surface area contributed by atoms with E-state index in [0.29, 0.717) is 27.2 Å². The summed E-state index contributed by atoms with van der Waals surface area (Å²) >= 11 is 11.7. The number of nitrogens with zero attached hydrogens (tertiary/aromatic N) is 2. The summed E-state index contributed by atoms with van der Waals surface area (Å²) in [5.41, 5.74) is 2.15. The first-order chi connectivity index (χ1) is 12.0. The average molecular weight is 375 g/mol. The van der Waals surface area contributed by atoms with Crippen LogP contribution >= 0.6 is 23.2 Å². The lowest BCUT2D eigenvalue weighted by molar-refractivity contribution is 0.0515. The molecule has 0 radical (unpaired) electrons. The smallest absolute Gasteiger partial charge is 0.354 e. The van der Waals surface area contributed by atoms with E-state index in [9.17, 15) is 4.79 Å². The molecule has 126 valence electrons. The monoisotopic (exact) mass is 374 g/mol. The highest BCUT2D eigenvalue weighted by molar-refractivity contribution is 6.35. The van der Waals surface area contributed by atoms with E-state index >= 15 is 0 Å². The number of aromatic nitrogens is 1. The van der Waals surface area contributed by atoms with Crippen molar-refractivity contribution in [1.82, 2.24) is 5.16 Å². The van der Waals surface area contributed by atoms with Crippen molar-refractivity contribution in [3.63, 3.8) is 0 Å². The second kappa shape index (κ2) is 7.51. The van der Waals surface area contributed by atoms with Crippen LogP contribution in [-0.2, 0) is 4.84 Å². The lowest BCUT2D eigenvalue weighted by atomic mass is 10.1. The van der Waals surface area contributed by atoms with Crippen LogP contribution in [0.2, 0.25) is 10.0 Å². The van der Waals surface area contributed by atoms with E-state index in [0.717, 1.165) is 5.56 Å². The minimum atomic E-state index is -0.674. The minimum absolute atomic E-state index is 0.205. The van der Waals surface area contributed by atoms with E-state index in [1.807, 2.05) is 30.3 Å². The summed E-state index contributed by atoms with van der Waals surface area (Å²) in [6.45, 7) is 1.65. The maximum atomic E-state index is 12.0. The van der Waals surface area contributed by atoms with Gasteiger partial charge in [-0.25, -0.2) is 4.79 Å². The van der Waals surface area contributed by atoms with Gasteiger partial charge in [0.2, 0.25) is 0 Å². The van der Waals surface area contributed by atoms with Crippen LogP contribution < -0.4 is 0 Å². The molecule has 25 heavy (non-hydrogen) atoms. The molecule has 0 aliphatic rings. The second-order valence-corrected chi connectivity index (χ2v) is 6.03. The number of hydrogen-bond acceptors (Lipinski definition) is 5. The van der Waals surface area contributed by atoms with E-state index in [4.69, 9.17) is 32.6 Å². The Morgan fingerprint density at radius 2 is 1.76 bits per heavy atom. The Hall–Kier alpha value is -2.63. The number of rotatable bonds is 4. The predicted octanol–water partition coefficient (Wildman–Crippen LogP) is 5.23. The van der Waals surface area contributed by atoms with Crippen molar-refractivity contribution in [3.05, 3.63) is 76.0 Å². The minimum Gasteiger partial charge on any atom is -0.354 e. The van der Waals surface area contributed by atoms with Crippen molar-refractivity contribution in [2.24, 2.45) is 5.16 Å². The van der Waals surface area contributed by atoms with Crippen LogP contribution in [0.1, 0.15) is 23.0 Å². The van der Waals surface area contributed by atoms with Gasteiger partial charge in [-0.05, 0) is 25.1 Å². The quantitative estimate of drug-likeness (QED) is 0.356. The van der Waals surface area contributed by atoms with Crippen LogP contribution in [0.25, 0.3) is 11.3 Å². The molecule has 3 rings (SSSR count). The van der Waals surface area contributed by atoms with Crippen molar-refractivity contribution < 1.29 is 14.2 Å². The normalized spacial score (nSPS) is 11.4. The first-order valence-electron chi connectivity index (χ1n) is 7.27. The zero-order chi connectivity index (χ0) is 17.8. The molecule has 0 saturated heterocycles. The molecule has 0 atom stereocenters. The molecule has 0 fully saturated rings. The second-order valence-electron chi connectivity index (χ2n) is 5.16. The van der Waals surface area contributed by atoms with Gasteiger partial charge in [0.1, 0.15) is 11.4 Å². The number of halogens is 2. The molecule has 0 unspecified atom stereocenters. The summed E-state index contributed by atoms with van der Waals surface area (Å²) in [6, 6.07) is 15.7. The Balaban J connectivity index is 1.74. The molecule has 1 aromatic heterocycles. The largest absolute Gasteiger partial charge is 0.365 e. The van der Waals surface area contributed by atoms with E-state index in [1.165, 1.54) is 18.2 Å². The summed E-state index contributed by atoms with van der Waals surface area (Å²) in [4.78, 5) is 16.9. The predicted molar refractivity (Wildman–Crippen MR) is 96.0 cm³/mol. The van der Waals surface area contributed by atoms with Gasteiger partial charge in [-0.2, -0.15) is 0 Å².